The summed E-state index contributed by atoms with van der Waals surface area (Å²) in [5, 5.41) is 14.4. The second kappa shape index (κ2) is 14.1. The number of guanidine groups is 1. The lowest BCUT2D eigenvalue weighted by Gasteiger charge is -2.35. The Labute approximate surface area is 224 Å². The number of nitrogens with two attached hydrogens (primary N) is 3. The van der Waals surface area contributed by atoms with Crippen LogP contribution < -0.4 is 22.5 Å². The van der Waals surface area contributed by atoms with Gasteiger partial charge in [0.05, 0.1) is 18.1 Å². The summed E-state index contributed by atoms with van der Waals surface area (Å²) in [4.78, 5) is 42.4. The molecule has 0 bridgehead atoms. The Morgan fingerprint density at radius 1 is 1.11 bits per heavy atom. The Hall–Kier alpha value is -3.18. The van der Waals surface area contributed by atoms with E-state index < -0.39 is 54.3 Å². The number of ether oxygens (including phenoxy) is 2. The van der Waals surface area contributed by atoms with E-state index in [9.17, 15) is 19.5 Å². The molecule has 11 heteroatoms. The first kappa shape index (κ1) is 31.0. The third-order valence-corrected chi connectivity index (χ3v) is 7.21. The molecule has 1 aliphatic carbocycles. The lowest BCUT2D eigenvalue weighted by molar-refractivity contribution is -0.196. The van der Waals surface area contributed by atoms with Crippen molar-refractivity contribution < 1.29 is 29.0 Å². The van der Waals surface area contributed by atoms with Gasteiger partial charge in [0.1, 0.15) is 6.04 Å². The van der Waals surface area contributed by atoms with Crippen molar-refractivity contribution in [2.24, 2.45) is 45.9 Å². The average molecular weight is 534 g/mol. The number of benzene rings is 1. The zero-order valence-corrected chi connectivity index (χ0v) is 22.9. The fraction of sp³-hybridized carbons (Fsp3) is 0.630. The zero-order chi connectivity index (χ0) is 28.6. The topological polar surface area (TPSA) is 192 Å². The summed E-state index contributed by atoms with van der Waals surface area (Å²) in [5.41, 5.74) is 17.7. The van der Waals surface area contributed by atoms with Crippen LogP contribution in [0.1, 0.15) is 65.7 Å². The number of rotatable bonds is 12. The summed E-state index contributed by atoms with van der Waals surface area (Å²) >= 11 is 0. The number of esters is 2. The molecule has 1 aliphatic rings. The monoisotopic (exact) mass is 533 g/mol. The van der Waals surface area contributed by atoms with Crippen LogP contribution in [0.2, 0.25) is 0 Å². The smallest absolute Gasteiger partial charge is 0.326 e. The van der Waals surface area contributed by atoms with Gasteiger partial charge in [-0.05, 0) is 18.3 Å². The van der Waals surface area contributed by atoms with E-state index in [4.69, 9.17) is 26.7 Å². The van der Waals surface area contributed by atoms with E-state index in [1.165, 1.54) is 6.92 Å². The van der Waals surface area contributed by atoms with Gasteiger partial charge >= 0.3 is 11.9 Å². The number of aliphatic imine (C=N–C) groups is 1. The van der Waals surface area contributed by atoms with Crippen LogP contribution in [0.5, 0.6) is 0 Å². The highest BCUT2D eigenvalue weighted by Crippen LogP contribution is 2.40. The second-order valence-corrected chi connectivity index (χ2v) is 10.2. The van der Waals surface area contributed by atoms with Gasteiger partial charge in [-0.25, -0.2) is 4.99 Å². The molecule has 1 amide bonds. The maximum Gasteiger partial charge on any atom is 0.326 e. The molecule has 0 aromatic heterocycles. The van der Waals surface area contributed by atoms with Crippen LogP contribution in [0.3, 0.4) is 0 Å². The molecule has 0 spiro atoms. The summed E-state index contributed by atoms with van der Waals surface area (Å²) in [7, 11) is 0. The Morgan fingerprint density at radius 3 is 2.21 bits per heavy atom. The predicted octanol–water partition coefficient (Wildman–Crippen LogP) is 1.33. The van der Waals surface area contributed by atoms with E-state index >= 15 is 0 Å². The number of hydrogen-bond donors (Lipinski definition) is 5. The highest BCUT2D eigenvalue weighted by molar-refractivity contribution is 5.78. The molecule has 7 atom stereocenters. The summed E-state index contributed by atoms with van der Waals surface area (Å²) in [5.74, 6) is -3.79. The summed E-state index contributed by atoms with van der Waals surface area (Å²) < 4.78 is 11.2. The van der Waals surface area contributed by atoms with Crippen LogP contribution in [0.15, 0.2) is 35.3 Å². The van der Waals surface area contributed by atoms with Crippen molar-refractivity contribution in [3.05, 3.63) is 35.9 Å². The van der Waals surface area contributed by atoms with Crippen LogP contribution in [0.4, 0.5) is 0 Å². The molecule has 0 aliphatic heterocycles. The van der Waals surface area contributed by atoms with Gasteiger partial charge in [-0.15, -0.1) is 0 Å². The van der Waals surface area contributed by atoms with Gasteiger partial charge in [0, 0.05) is 24.4 Å². The number of amides is 1. The fourth-order valence-corrected chi connectivity index (χ4v) is 5.05. The van der Waals surface area contributed by atoms with Crippen molar-refractivity contribution in [2.45, 2.75) is 84.4 Å². The highest BCUT2D eigenvalue weighted by atomic mass is 16.7. The molecule has 1 fully saturated rings. The predicted molar refractivity (Wildman–Crippen MR) is 143 cm³/mol. The number of hydrogen-bond acceptors (Lipinski definition) is 8. The van der Waals surface area contributed by atoms with Crippen molar-refractivity contribution >= 4 is 23.8 Å². The van der Waals surface area contributed by atoms with Gasteiger partial charge in [0.25, 0.3) is 6.29 Å². The third kappa shape index (κ3) is 7.91. The average Bonchev–Trinajstić information content (AvgIpc) is 3.18. The maximum absolute atomic E-state index is 13.5. The van der Waals surface area contributed by atoms with Crippen molar-refractivity contribution in [1.29, 1.82) is 0 Å². The third-order valence-electron chi connectivity index (χ3n) is 7.21. The molecule has 0 heterocycles. The molecule has 1 aromatic carbocycles. The van der Waals surface area contributed by atoms with Gasteiger partial charge < -0.3 is 37.1 Å². The summed E-state index contributed by atoms with van der Waals surface area (Å²) in [6.45, 7) is 8.94. The Balaban J connectivity index is 2.38. The SMILES string of the molecule is CCC(CC)[C@H](NC(C)=O)[C@@H]1[C@H](O)[C@@H](C(=O)OC(OC(=O)[C@H](N)C(C)C)c2ccccc2)C[C@H]1N=C(N)N. The van der Waals surface area contributed by atoms with Gasteiger partial charge in [-0.3, -0.25) is 14.4 Å². The van der Waals surface area contributed by atoms with Crippen LogP contribution in [-0.2, 0) is 23.9 Å². The molecular formula is C27H43N5O6. The Morgan fingerprint density at radius 2 is 1.71 bits per heavy atom. The molecule has 1 saturated carbocycles. The van der Waals surface area contributed by atoms with Crippen LogP contribution >= 0.6 is 0 Å². The first-order chi connectivity index (χ1) is 17.9. The number of nitrogens with one attached hydrogen (secondary N) is 1. The lowest BCUT2D eigenvalue weighted by atomic mass is 9.80. The van der Waals surface area contributed by atoms with E-state index in [0.29, 0.717) is 5.56 Å². The first-order valence-electron chi connectivity index (χ1n) is 13.2. The van der Waals surface area contributed by atoms with E-state index in [1.54, 1.807) is 44.2 Å². The summed E-state index contributed by atoms with van der Waals surface area (Å²) in [6.07, 6.45) is -1.04. The molecule has 1 aromatic rings. The van der Waals surface area contributed by atoms with Crippen molar-refractivity contribution in [1.82, 2.24) is 5.32 Å². The maximum atomic E-state index is 13.5. The number of carbonyl (C=O) groups excluding carboxylic acids is 3. The van der Waals surface area contributed by atoms with Gasteiger partial charge in [0.2, 0.25) is 5.91 Å². The minimum absolute atomic E-state index is 0.0144. The fourth-order valence-electron chi connectivity index (χ4n) is 5.05. The Bertz CT molecular complexity index is 964. The van der Waals surface area contributed by atoms with Gasteiger partial charge in [-0.2, -0.15) is 0 Å². The van der Waals surface area contributed by atoms with E-state index in [-0.39, 0.29) is 30.1 Å². The zero-order valence-electron chi connectivity index (χ0n) is 22.9. The second-order valence-electron chi connectivity index (χ2n) is 10.2. The van der Waals surface area contributed by atoms with E-state index in [2.05, 4.69) is 10.3 Å². The molecule has 8 N–H and O–H groups in total. The highest BCUT2D eigenvalue weighted by Gasteiger charge is 2.51. The van der Waals surface area contributed by atoms with E-state index in [0.717, 1.165) is 12.8 Å². The van der Waals surface area contributed by atoms with Gasteiger partial charge in [-0.1, -0.05) is 70.9 Å². The van der Waals surface area contributed by atoms with Crippen LogP contribution in [-0.4, -0.2) is 53.1 Å². The Kier molecular flexibility index (Phi) is 11.5. The minimum atomic E-state index is -1.36. The molecule has 38 heavy (non-hydrogen) atoms. The van der Waals surface area contributed by atoms with Crippen LogP contribution in [0.25, 0.3) is 0 Å². The van der Waals surface area contributed by atoms with Crippen molar-refractivity contribution in [3.8, 4) is 0 Å². The van der Waals surface area contributed by atoms with Crippen molar-refractivity contribution in [2.75, 3.05) is 0 Å². The minimum Gasteiger partial charge on any atom is -0.420 e. The first-order valence-corrected chi connectivity index (χ1v) is 13.2. The van der Waals surface area contributed by atoms with Crippen LogP contribution in [0, 0.1) is 23.7 Å². The molecule has 1 unspecified atom stereocenters. The quantitative estimate of drug-likeness (QED) is 0.114. The van der Waals surface area contributed by atoms with Gasteiger partial charge in [0.15, 0.2) is 5.96 Å². The lowest BCUT2D eigenvalue weighted by Crippen LogP contribution is -2.51. The molecule has 0 radical (unpaired) electrons. The molecule has 0 saturated heterocycles. The van der Waals surface area contributed by atoms with E-state index in [1.807, 2.05) is 13.8 Å². The molecule has 212 valence electrons. The normalized spacial score (nSPS) is 23.4. The van der Waals surface area contributed by atoms with Crippen molar-refractivity contribution in [3.63, 3.8) is 0 Å². The number of nitrogens with zero attached hydrogens (tertiary/aromatic N) is 1. The molecule has 2 rings (SSSR count). The number of aliphatic hydroxyl groups excluding tert-OH is 1. The number of carbonyl (C=O) groups is 3. The number of aliphatic hydroxyl groups is 1. The summed E-state index contributed by atoms with van der Waals surface area (Å²) in [6, 6.07) is 6.49. The standard InChI is InChI=1S/C27H43N5O6/c1-6-16(7-2)22(31-15(5)33)20-19(32-27(29)30)13-18(23(20)34)24(35)37-26(17-11-9-8-10-12-17)38-25(36)21(28)14(3)4/h8-12,14,16,18-23,26,34H,6-7,13,28H2,1-5H3,(H,31,33)(H4,29,30,32)/t18-,19+,20+,21+,22-,23+,26?/m0/s1. The molecular weight excluding hydrogens is 490 g/mol. The largest absolute Gasteiger partial charge is 0.420 e. The molecule has 11 nitrogen and oxygen atoms in total.